The first-order valence-electron chi connectivity index (χ1n) is 6.93. The minimum Gasteiger partial charge on any atom is -0.370 e. The maximum absolute atomic E-state index is 4.66. The molecule has 0 amide bonds. The highest BCUT2D eigenvalue weighted by atomic mass is 79.9. The lowest BCUT2D eigenvalue weighted by Crippen LogP contribution is -2.09. The van der Waals surface area contributed by atoms with Crippen LogP contribution in [0.15, 0.2) is 28.7 Å². The number of anilines is 1. The van der Waals surface area contributed by atoms with E-state index in [1.165, 1.54) is 5.56 Å². The second-order valence-corrected chi connectivity index (χ2v) is 5.75. The Morgan fingerprint density at radius 2 is 1.90 bits per heavy atom. The first-order chi connectivity index (χ1) is 9.61. The summed E-state index contributed by atoms with van der Waals surface area (Å²) in [7, 11) is 0. The summed E-state index contributed by atoms with van der Waals surface area (Å²) in [5, 5.41) is 3.38. The average Bonchev–Trinajstić information content (AvgIpc) is 2.43. The van der Waals surface area contributed by atoms with Crippen molar-refractivity contribution in [1.29, 1.82) is 0 Å². The van der Waals surface area contributed by atoms with Crippen LogP contribution in [0.25, 0.3) is 0 Å². The van der Waals surface area contributed by atoms with Gasteiger partial charge in [0, 0.05) is 28.7 Å². The molecule has 0 saturated heterocycles. The Balaban J connectivity index is 2.28. The summed E-state index contributed by atoms with van der Waals surface area (Å²) in [5.41, 5.74) is 3.38. The monoisotopic (exact) mass is 333 g/mol. The van der Waals surface area contributed by atoms with E-state index in [4.69, 9.17) is 0 Å². The van der Waals surface area contributed by atoms with E-state index < -0.39 is 0 Å². The smallest absolute Gasteiger partial charge is 0.135 e. The van der Waals surface area contributed by atoms with Gasteiger partial charge < -0.3 is 5.32 Å². The Morgan fingerprint density at radius 3 is 2.60 bits per heavy atom. The van der Waals surface area contributed by atoms with E-state index in [-0.39, 0.29) is 0 Å². The molecule has 4 heteroatoms. The normalized spacial score (nSPS) is 10.6. The van der Waals surface area contributed by atoms with Crippen molar-refractivity contribution in [3.05, 3.63) is 51.4 Å². The van der Waals surface area contributed by atoms with Gasteiger partial charge in [0.25, 0.3) is 0 Å². The zero-order valence-electron chi connectivity index (χ0n) is 12.2. The molecular weight excluding hydrogens is 314 g/mol. The van der Waals surface area contributed by atoms with Crippen LogP contribution in [0, 0.1) is 13.8 Å². The number of nitrogens with zero attached hydrogens (tertiary/aromatic N) is 2. The molecule has 0 atom stereocenters. The van der Waals surface area contributed by atoms with Gasteiger partial charge in [-0.2, -0.15) is 0 Å². The highest BCUT2D eigenvalue weighted by Gasteiger charge is 2.09. The van der Waals surface area contributed by atoms with E-state index >= 15 is 0 Å². The fourth-order valence-electron chi connectivity index (χ4n) is 1.99. The first-order valence-corrected chi connectivity index (χ1v) is 7.72. The Morgan fingerprint density at radius 1 is 1.15 bits per heavy atom. The maximum Gasteiger partial charge on any atom is 0.135 e. The predicted octanol–water partition coefficient (Wildman–Crippen LogP) is 4.27. The minimum atomic E-state index is 0.739. The van der Waals surface area contributed by atoms with Crippen molar-refractivity contribution in [3.63, 3.8) is 0 Å². The van der Waals surface area contributed by atoms with Crippen LogP contribution < -0.4 is 5.32 Å². The van der Waals surface area contributed by atoms with Crippen LogP contribution in [0.2, 0.25) is 0 Å². The van der Waals surface area contributed by atoms with Crippen molar-refractivity contribution in [2.75, 3.05) is 11.9 Å². The number of benzene rings is 1. The molecule has 2 rings (SSSR count). The zero-order chi connectivity index (χ0) is 14.5. The lowest BCUT2D eigenvalue weighted by Gasteiger charge is -2.12. The standard InChI is InChI=1S/C16H20BrN3/c1-4-9-18-16-11(2)12(3)19-15(20-16)10-13-7-5-6-8-14(13)17/h5-8H,4,9-10H2,1-3H3,(H,18,19,20). The molecule has 1 aromatic carbocycles. The molecule has 3 nitrogen and oxygen atoms in total. The molecule has 0 bridgehead atoms. The van der Waals surface area contributed by atoms with Gasteiger partial charge >= 0.3 is 0 Å². The largest absolute Gasteiger partial charge is 0.370 e. The van der Waals surface area contributed by atoms with Crippen LogP contribution in [-0.4, -0.2) is 16.5 Å². The van der Waals surface area contributed by atoms with Crippen LogP contribution in [0.5, 0.6) is 0 Å². The lowest BCUT2D eigenvalue weighted by atomic mass is 10.1. The zero-order valence-corrected chi connectivity index (χ0v) is 13.8. The predicted molar refractivity (Wildman–Crippen MR) is 87.2 cm³/mol. The second kappa shape index (κ2) is 6.84. The van der Waals surface area contributed by atoms with Gasteiger partial charge in [-0.25, -0.2) is 9.97 Å². The van der Waals surface area contributed by atoms with E-state index in [0.717, 1.165) is 46.8 Å². The Labute approximate surface area is 129 Å². The van der Waals surface area contributed by atoms with Crippen molar-refractivity contribution in [2.45, 2.75) is 33.6 Å². The second-order valence-electron chi connectivity index (χ2n) is 4.89. The number of nitrogens with one attached hydrogen (secondary N) is 1. The number of hydrogen-bond acceptors (Lipinski definition) is 3. The van der Waals surface area contributed by atoms with E-state index in [2.05, 4.69) is 51.1 Å². The van der Waals surface area contributed by atoms with Crippen LogP contribution in [0.3, 0.4) is 0 Å². The highest BCUT2D eigenvalue weighted by Crippen LogP contribution is 2.20. The van der Waals surface area contributed by atoms with Crippen molar-refractivity contribution < 1.29 is 0 Å². The topological polar surface area (TPSA) is 37.8 Å². The summed E-state index contributed by atoms with van der Waals surface area (Å²) >= 11 is 3.58. The fraction of sp³-hybridized carbons (Fsp3) is 0.375. The molecule has 0 fully saturated rings. The van der Waals surface area contributed by atoms with Crippen LogP contribution >= 0.6 is 15.9 Å². The van der Waals surface area contributed by atoms with Gasteiger partial charge in [0.2, 0.25) is 0 Å². The molecule has 106 valence electrons. The van der Waals surface area contributed by atoms with Crippen LogP contribution in [-0.2, 0) is 6.42 Å². The van der Waals surface area contributed by atoms with E-state index in [0.29, 0.717) is 0 Å². The van der Waals surface area contributed by atoms with Gasteiger partial charge in [-0.05, 0) is 31.9 Å². The third-order valence-electron chi connectivity index (χ3n) is 3.28. The number of hydrogen-bond donors (Lipinski definition) is 1. The van der Waals surface area contributed by atoms with E-state index in [1.807, 2.05) is 25.1 Å². The molecule has 0 aliphatic heterocycles. The molecule has 0 radical (unpaired) electrons. The van der Waals surface area contributed by atoms with Crippen molar-refractivity contribution >= 4 is 21.7 Å². The Hall–Kier alpha value is -1.42. The highest BCUT2D eigenvalue weighted by molar-refractivity contribution is 9.10. The number of rotatable bonds is 5. The molecule has 0 saturated carbocycles. The molecule has 1 heterocycles. The van der Waals surface area contributed by atoms with Crippen molar-refractivity contribution in [1.82, 2.24) is 9.97 Å². The number of aryl methyl sites for hydroxylation is 1. The fourth-order valence-corrected chi connectivity index (χ4v) is 2.42. The first kappa shape index (κ1) is 15.0. The summed E-state index contributed by atoms with van der Waals surface area (Å²) in [6.45, 7) is 7.19. The number of halogens is 1. The quantitative estimate of drug-likeness (QED) is 0.887. The minimum absolute atomic E-state index is 0.739. The summed E-state index contributed by atoms with van der Waals surface area (Å²) in [4.78, 5) is 9.27. The average molecular weight is 334 g/mol. The molecule has 0 aliphatic carbocycles. The maximum atomic E-state index is 4.66. The summed E-state index contributed by atoms with van der Waals surface area (Å²) in [6, 6.07) is 8.20. The van der Waals surface area contributed by atoms with Crippen LogP contribution in [0.1, 0.15) is 36.0 Å². The van der Waals surface area contributed by atoms with Crippen LogP contribution in [0.4, 0.5) is 5.82 Å². The van der Waals surface area contributed by atoms with Gasteiger partial charge in [0.15, 0.2) is 0 Å². The molecule has 0 unspecified atom stereocenters. The van der Waals surface area contributed by atoms with Crippen molar-refractivity contribution in [3.8, 4) is 0 Å². The third-order valence-corrected chi connectivity index (χ3v) is 4.06. The third kappa shape index (κ3) is 3.57. The van der Waals surface area contributed by atoms with Gasteiger partial charge in [-0.15, -0.1) is 0 Å². The molecular formula is C16H20BrN3. The number of aromatic nitrogens is 2. The van der Waals surface area contributed by atoms with Gasteiger partial charge in [0.05, 0.1) is 0 Å². The van der Waals surface area contributed by atoms with Gasteiger partial charge in [-0.3, -0.25) is 0 Å². The molecule has 0 aliphatic rings. The summed E-state index contributed by atoms with van der Waals surface area (Å²) < 4.78 is 1.10. The van der Waals surface area contributed by atoms with Gasteiger partial charge in [0.1, 0.15) is 11.6 Å². The molecule has 2 aromatic rings. The lowest BCUT2D eigenvalue weighted by molar-refractivity contribution is 0.903. The Kier molecular flexibility index (Phi) is 5.12. The summed E-state index contributed by atoms with van der Waals surface area (Å²) in [6.07, 6.45) is 1.82. The summed E-state index contributed by atoms with van der Waals surface area (Å²) in [5.74, 6) is 1.82. The SMILES string of the molecule is CCCNc1nc(Cc2ccccc2Br)nc(C)c1C. The van der Waals surface area contributed by atoms with Gasteiger partial charge in [-0.1, -0.05) is 41.1 Å². The molecule has 20 heavy (non-hydrogen) atoms. The van der Waals surface area contributed by atoms with Crippen molar-refractivity contribution in [2.24, 2.45) is 0 Å². The van der Waals surface area contributed by atoms with E-state index in [1.54, 1.807) is 0 Å². The Bertz CT molecular complexity index is 596. The molecule has 0 spiro atoms. The van der Waals surface area contributed by atoms with E-state index in [9.17, 15) is 0 Å². The molecule has 1 N–H and O–H groups in total. The molecule has 1 aromatic heterocycles.